The molecule has 0 spiro atoms. The Hall–Kier alpha value is -3.32. The summed E-state index contributed by atoms with van der Waals surface area (Å²) in [5.74, 6) is -0.330. The number of aromatic nitrogens is 1. The van der Waals surface area contributed by atoms with Crippen LogP contribution in [0.1, 0.15) is 17.3 Å². The average molecular weight is 377 g/mol. The van der Waals surface area contributed by atoms with Crippen LogP contribution in [0.5, 0.6) is 0 Å². The van der Waals surface area contributed by atoms with Gasteiger partial charge in [-0.05, 0) is 35.9 Å². The van der Waals surface area contributed by atoms with Gasteiger partial charge in [-0.3, -0.25) is 14.9 Å². The Morgan fingerprint density at radius 3 is 2.63 bits per heavy atom. The molecule has 0 unspecified atom stereocenters. The molecule has 4 rings (SSSR count). The lowest BCUT2D eigenvalue weighted by atomic mass is 10.1. The molecule has 0 saturated carbocycles. The molecule has 6 nitrogen and oxygen atoms in total. The van der Waals surface area contributed by atoms with Gasteiger partial charge in [0.2, 0.25) is 0 Å². The highest BCUT2D eigenvalue weighted by Crippen LogP contribution is 2.23. The first kappa shape index (κ1) is 17.1. The minimum atomic E-state index is -0.422. The van der Waals surface area contributed by atoms with Crippen LogP contribution in [0.15, 0.2) is 65.7 Å². The van der Waals surface area contributed by atoms with Crippen molar-refractivity contribution in [2.45, 2.75) is 13.5 Å². The summed E-state index contributed by atoms with van der Waals surface area (Å²) in [4.78, 5) is 28.1. The van der Waals surface area contributed by atoms with E-state index in [4.69, 9.17) is 0 Å². The second-order valence-corrected chi connectivity index (χ2v) is 7.03. The zero-order valence-corrected chi connectivity index (χ0v) is 15.3. The van der Waals surface area contributed by atoms with E-state index in [9.17, 15) is 14.9 Å². The summed E-state index contributed by atoms with van der Waals surface area (Å²) in [7, 11) is 0. The number of aryl methyl sites for hydroxylation is 1. The van der Waals surface area contributed by atoms with E-state index in [2.05, 4.69) is 4.99 Å². The molecule has 0 aliphatic rings. The molecule has 134 valence electrons. The molecule has 27 heavy (non-hydrogen) atoms. The third-order valence-corrected chi connectivity index (χ3v) is 5.45. The fourth-order valence-corrected chi connectivity index (χ4v) is 4.11. The molecule has 1 heterocycles. The number of hydrogen-bond acceptors (Lipinski definition) is 4. The number of non-ortho nitro benzene ring substituents is 1. The second kappa shape index (κ2) is 6.77. The molecule has 4 aromatic rings. The van der Waals surface area contributed by atoms with Gasteiger partial charge in [0, 0.05) is 24.2 Å². The van der Waals surface area contributed by atoms with Gasteiger partial charge in [-0.25, -0.2) is 0 Å². The highest BCUT2D eigenvalue weighted by Gasteiger charge is 2.13. The molecule has 1 aromatic heterocycles. The van der Waals surface area contributed by atoms with Crippen molar-refractivity contribution in [2.24, 2.45) is 4.99 Å². The number of thiazole rings is 1. The molecule has 1 amide bonds. The largest absolute Gasteiger partial charge is 0.316 e. The van der Waals surface area contributed by atoms with Crippen LogP contribution in [-0.4, -0.2) is 15.4 Å². The summed E-state index contributed by atoms with van der Waals surface area (Å²) in [6.45, 7) is 2.48. The molecule has 0 aliphatic carbocycles. The molecule has 0 fully saturated rings. The normalized spacial score (nSPS) is 12.0. The van der Waals surface area contributed by atoms with Gasteiger partial charge in [-0.1, -0.05) is 41.7 Å². The maximum atomic E-state index is 12.7. The van der Waals surface area contributed by atoms with Crippen molar-refractivity contribution in [3.63, 3.8) is 0 Å². The number of nitro groups is 1. The number of carbonyl (C=O) groups excluding carboxylic acids is 1. The fraction of sp³-hybridized carbons (Fsp3) is 0.100. The van der Waals surface area contributed by atoms with Crippen LogP contribution in [0.2, 0.25) is 0 Å². The summed E-state index contributed by atoms with van der Waals surface area (Å²) < 4.78 is 2.68. The van der Waals surface area contributed by atoms with Gasteiger partial charge in [0.25, 0.3) is 11.6 Å². The first-order valence-corrected chi connectivity index (χ1v) is 9.24. The number of carbonyl (C=O) groups is 1. The standard InChI is InChI=1S/C20H15N3O3S/c1-2-22-17-12-16(23(25)26)9-10-18(17)27-20(22)21-19(24)15-8-7-13-5-3-4-6-14(13)11-15/h3-12H,2H2,1H3. The number of nitro benzene ring substituents is 1. The van der Waals surface area contributed by atoms with Gasteiger partial charge in [-0.15, -0.1) is 0 Å². The van der Waals surface area contributed by atoms with E-state index in [-0.39, 0.29) is 11.6 Å². The van der Waals surface area contributed by atoms with Gasteiger partial charge in [0.15, 0.2) is 4.80 Å². The quantitative estimate of drug-likeness (QED) is 0.389. The van der Waals surface area contributed by atoms with Gasteiger partial charge < -0.3 is 4.57 Å². The van der Waals surface area contributed by atoms with Gasteiger partial charge in [0.1, 0.15) is 0 Å². The Balaban J connectivity index is 1.83. The van der Waals surface area contributed by atoms with Crippen molar-refractivity contribution < 1.29 is 9.72 Å². The monoisotopic (exact) mass is 377 g/mol. The summed E-state index contributed by atoms with van der Waals surface area (Å²) in [5, 5.41) is 13.1. The van der Waals surface area contributed by atoms with Crippen LogP contribution in [0, 0.1) is 10.1 Å². The summed E-state index contributed by atoms with van der Waals surface area (Å²) in [5.41, 5.74) is 1.25. The van der Waals surface area contributed by atoms with E-state index in [1.165, 1.54) is 23.5 Å². The van der Waals surface area contributed by atoms with Crippen LogP contribution >= 0.6 is 11.3 Å². The minimum Gasteiger partial charge on any atom is -0.316 e. The number of rotatable bonds is 3. The maximum Gasteiger partial charge on any atom is 0.279 e. The van der Waals surface area contributed by atoms with Gasteiger partial charge in [0.05, 0.1) is 15.1 Å². The molecule has 0 atom stereocenters. The zero-order chi connectivity index (χ0) is 19.0. The van der Waals surface area contributed by atoms with E-state index in [1.807, 2.05) is 47.9 Å². The minimum absolute atomic E-state index is 0.0231. The molecule has 0 radical (unpaired) electrons. The zero-order valence-electron chi connectivity index (χ0n) is 14.5. The summed E-state index contributed by atoms with van der Waals surface area (Å²) >= 11 is 1.35. The molecule has 0 saturated heterocycles. The lowest BCUT2D eigenvalue weighted by molar-refractivity contribution is -0.384. The van der Waals surface area contributed by atoms with Crippen molar-refractivity contribution in [3.8, 4) is 0 Å². The number of amides is 1. The molecule has 0 bridgehead atoms. The molecule has 0 N–H and O–H groups in total. The van der Waals surface area contributed by atoms with E-state index >= 15 is 0 Å². The summed E-state index contributed by atoms with van der Waals surface area (Å²) in [6.07, 6.45) is 0. The van der Waals surface area contributed by atoms with Crippen LogP contribution in [0.4, 0.5) is 5.69 Å². The number of benzene rings is 3. The van der Waals surface area contributed by atoms with Crippen molar-refractivity contribution in [2.75, 3.05) is 0 Å². The molecule has 3 aromatic carbocycles. The van der Waals surface area contributed by atoms with E-state index in [0.717, 1.165) is 15.5 Å². The first-order chi connectivity index (χ1) is 13.1. The molecule has 7 heteroatoms. The Kier molecular flexibility index (Phi) is 4.29. The topological polar surface area (TPSA) is 77.5 Å². The predicted octanol–water partition coefficient (Wildman–Crippen LogP) is 4.53. The van der Waals surface area contributed by atoms with Crippen molar-refractivity contribution in [3.05, 3.63) is 81.1 Å². The third-order valence-electron chi connectivity index (χ3n) is 4.39. The average Bonchev–Trinajstić information content (AvgIpc) is 3.03. The molecular formula is C20H15N3O3S. The predicted molar refractivity (Wildman–Crippen MR) is 106 cm³/mol. The Morgan fingerprint density at radius 1 is 1.11 bits per heavy atom. The Labute approximate surface area is 158 Å². The number of fused-ring (bicyclic) bond motifs is 2. The van der Waals surface area contributed by atoms with E-state index < -0.39 is 4.92 Å². The van der Waals surface area contributed by atoms with Crippen LogP contribution in [-0.2, 0) is 6.54 Å². The fourth-order valence-electron chi connectivity index (χ4n) is 3.04. The Morgan fingerprint density at radius 2 is 1.89 bits per heavy atom. The second-order valence-electron chi connectivity index (χ2n) is 6.02. The van der Waals surface area contributed by atoms with Gasteiger partial charge >= 0.3 is 0 Å². The maximum absolute atomic E-state index is 12.7. The highest BCUT2D eigenvalue weighted by molar-refractivity contribution is 7.16. The van der Waals surface area contributed by atoms with Crippen molar-refractivity contribution in [1.29, 1.82) is 0 Å². The van der Waals surface area contributed by atoms with Crippen LogP contribution in [0.25, 0.3) is 21.0 Å². The van der Waals surface area contributed by atoms with E-state index in [0.29, 0.717) is 22.4 Å². The summed E-state index contributed by atoms with van der Waals surface area (Å²) in [6, 6.07) is 18.0. The smallest absolute Gasteiger partial charge is 0.279 e. The molecule has 0 aliphatic heterocycles. The third kappa shape index (κ3) is 3.13. The SMILES string of the molecule is CCn1c(=NC(=O)c2ccc3ccccc3c2)sc2ccc([N+](=O)[O-])cc21. The van der Waals surface area contributed by atoms with Crippen molar-refractivity contribution >= 4 is 43.9 Å². The molecular weight excluding hydrogens is 362 g/mol. The Bertz CT molecular complexity index is 1270. The van der Waals surface area contributed by atoms with Crippen LogP contribution < -0.4 is 4.80 Å². The first-order valence-electron chi connectivity index (χ1n) is 8.42. The highest BCUT2D eigenvalue weighted by atomic mass is 32.1. The van der Waals surface area contributed by atoms with Crippen molar-refractivity contribution in [1.82, 2.24) is 4.57 Å². The van der Waals surface area contributed by atoms with Crippen LogP contribution in [0.3, 0.4) is 0 Å². The number of nitrogens with zero attached hydrogens (tertiary/aromatic N) is 3. The number of hydrogen-bond donors (Lipinski definition) is 0. The van der Waals surface area contributed by atoms with E-state index in [1.54, 1.807) is 12.1 Å². The lowest BCUT2D eigenvalue weighted by Crippen LogP contribution is -2.15. The lowest BCUT2D eigenvalue weighted by Gasteiger charge is -2.01. The van der Waals surface area contributed by atoms with Gasteiger partial charge in [-0.2, -0.15) is 4.99 Å².